The fraction of sp³-hybridized carbons (Fsp3) is 0.438. The van der Waals surface area contributed by atoms with Gasteiger partial charge in [0.2, 0.25) is 0 Å². The van der Waals surface area contributed by atoms with Crippen LogP contribution >= 0.6 is 11.3 Å². The van der Waals surface area contributed by atoms with Crippen molar-refractivity contribution in [1.82, 2.24) is 4.98 Å². The number of hydrogen-bond acceptors (Lipinski definition) is 7. The summed E-state index contributed by atoms with van der Waals surface area (Å²) in [5.74, 6) is 0.261. The van der Waals surface area contributed by atoms with Gasteiger partial charge in [0.1, 0.15) is 11.9 Å². The maximum atomic E-state index is 10.9. The second kappa shape index (κ2) is 7.14. The van der Waals surface area contributed by atoms with Gasteiger partial charge in [0, 0.05) is 18.2 Å². The fourth-order valence-corrected chi connectivity index (χ4v) is 3.96. The molecule has 0 aliphatic heterocycles. The van der Waals surface area contributed by atoms with Crippen LogP contribution in [0.4, 0.5) is 16.6 Å². The van der Waals surface area contributed by atoms with E-state index >= 15 is 0 Å². The van der Waals surface area contributed by atoms with Crippen LogP contribution in [0, 0.1) is 10.1 Å². The van der Waals surface area contributed by atoms with Gasteiger partial charge in [-0.05, 0) is 18.4 Å². The third-order valence-corrected chi connectivity index (χ3v) is 5.31. The molecular formula is C16H20N4O3S. The van der Waals surface area contributed by atoms with Crippen LogP contribution in [-0.4, -0.2) is 21.1 Å². The van der Waals surface area contributed by atoms with Gasteiger partial charge in [-0.2, -0.15) is 0 Å². The molecule has 2 aromatic rings. The summed E-state index contributed by atoms with van der Waals surface area (Å²) in [6, 6.07) is 6.34. The molecular weight excluding hydrogens is 328 g/mol. The quantitative estimate of drug-likeness (QED) is 0.563. The van der Waals surface area contributed by atoms with Crippen molar-refractivity contribution < 1.29 is 10.0 Å². The number of hydrogen-bond donors (Lipinski definition) is 3. The standard InChI is InChI=1S/C16H20N4O3S/c17-15-14(13(21)10-5-4-8-12(9-10)20(22)23)24-16(19-15)18-11-6-2-1-3-7-11/h4-5,8-9,11,13,21H,1-3,6-7,17H2,(H,18,19). The van der Waals surface area contributed by atoms with E-state index in [0.717, 1.165) is 12.8 Å². The summed E-state index contributed by atoms with van der Waals surface area (Å²) < 4.78 is 0. The van der Waals surface area contributed by atoms with Crippen LogP contribution in [0.5, 0.6) is 0 Å². The first-order valence-corrected chi connectivity index (χ1v) is 8.81. The number of nitro groups is 1. The van der Waals surface area contributed by atoms with Crippen molar-refractivity contribution in [2.75, 3.05) is 11.1 Å². The molecule has 1 fully saturated rings. The zero-order chi connectivity index (χ0) is 17.1. The van der Waals surface area contributed by atoms with Crippen molar-refractivity contribution in [2.24, 2.45) is 0 Å². The van der Waals surface area contributed by atoms with E-state index in [-0.39, 0.29) is 11.5 Å². The van der Waals surface area contributed by atoms with Crippen LogP contribution < -0.4 is 11.1 Å². The maximum Gasteiger partial charge on any atom is 0.269 e. The number of nitrogens with two attached hydrogens (primary N) is 1. The highest BCUT2D eigenvalue weighted by atomic mass is 32.1. The van der Waals surface area contributed by atoms with E-state index in [1.807, 2.05) is 0 Å². The third-order valence-electron chi connectivity index (χ3n) is 4.26. The summed E-state index contributed by atoms with van der Waals surface area (Å²) in [4.78, 5) is 15.2. The van der Waals surface area contributed by atoms with Crippen LogP contribution in [0.15, 0.2) is 24.3 Å². The first kappa shape index (κ1) is 16.7. The Labute approximate surface area is 143 Å². The van der Waals surface area contributed by atoms with E-state index in [0.29, 0.717) is 21.6 Å². The predicted molar refractivity (Wildman–Crippen MR) is 94.2 cm³/mol. The summed E-state index contributed by atoms with van der Waals surface area (Å²) in [6.45, 7) is 0. The molecule has 24 heavy (non-hydrogen) atoms. The zero-order valence-electron chi connectivity index (χ0n) is 13.1. The average molecular weight is 348 g/mol. The van der Waals surface area contributed by atoms with Gasteiger partial charge in [0.05, 0.1) is 9.80 Å². The third kappa shape index (κ3) is 3.65. The number of aromatic nitrogens is 1. The Morgan fingerprint density at radius 3 is 2.83 bits per heavy atom. The topological polar surface area (TPSA) is 114 Å². The molecule has 1 aliphatic carbocycles. The number of aliphatic hydroxyl groups is 1. The number of aliphatic hydroxyl groups excluding tert-OH is 1. The SMILES string of the molecule is Nc1nc(NC2CCCCC2)sc1C(O)c1cccc([N+](=O)[O-])c1. The number of nitrogens with one attached hydrogen (secondary N) is 1. The molecule has 1 unspecified atom stereocenters. The Bertz CT molecular complexity index is 728. The highest BCUT2D eigenvalue weighted by molar-refractivity contribution is 7.16. The number of rotatable bonds is 5. The van der Waals surface area contributed by atoms with Crippen molar-refractivity contribution >= 4 is 28.0 Å². The van der Waals surface area contributed by atoms with Gasteiger partial charge < -0.3 is 16.2 Å². The molecule has 0 amide bonds. The Balaban J connectivity index is 1.78. The largest absolute Gasteiger partial charge is 0.383 e. The molecule has 0 radical (unpaired) electrons. The van der Waals surface area contributed by atoms with Gasteiger partial charge in [-0.15, -0.1) is 0 Å². The maximum absolute atomic E-state index is 10.9. The first-order valence-electron chi connectivity index (χ1n) is 7.99. The van der Waals surface area contributed by atoms with Crippen LogP contribution in [0.3, 0.4) is 0 Å². The lowest BCUT2D eigenvalue weighted by atomic mass is 9.96. The molecule has 1 atom stereocenters. The van der Waals surface area contributed by atoms with E-state index in [9.17, 15) is 15.2 Å². The summed E-state index contributed by atoms with van der Waals surface area (Å²) >= 11 is 1.30. The molecule has 0 bridgehead atoms. The van der Waals surface area contributed by atoms with Crippen molar-refractivity contribution in [3.05, 3.63) is 44.8 Å². The van der Waals surface area contributed by atoms with E-state index in [1.165, 1.54) is 42.7 Å². The van der Waals surface area contributed by atoms with Gasteiger partial charge in [-0.25, -0.2) is 4.98 Å². The van der Waals surface area contributed by atoms with E-state index in [2.05, 4.69) is 10.3 Å². The fourth-order valence-electron chi connectivity index (χ4n) is 2.98. The van der Waals surface area contributed by atoms with E-state index in [1.54, 1.807) is 12.1 Å². The van der Waals surface area contributed by atoms with E-state index < -0.39 is 11.0 Å². The lowest BCUT2D eigenvalue weighted by Gasteiger charge is -2.22. The molecule has 4 N–H and O–H groups in total. The molecule has 128 valence electrons. The Morgan fingerprint density at radius 1 is 1.38 bits per heavy atom. The normalized spacial score (nSPS) is 16.7. The van der Waals surface area contributed by atoms with Crippen molar-refractivity contribution in [2.45, 2.75) is 44.2 Å². The molecule has 1 aromatic carbocycles. The zero-order valence-corrected chi connectivity index (χ0v) is 14.0. The second-order valence-electron chi connectivity index (χ2n) is 6.00. The molecule has 1 heterocycles. The smallest absolute Gasteiger partial charge is 0.269 e. The summed E-state index contributed by atoms with van der Waals surface area (Å²) in [5, 5.41) is 25.5. The average Bonchev–Trinajstić information content (AvgIpc) is 2.95. The molecule has 0 spiro atoms. The lowest BCUT2D eigenvalue weighted by molar-refractivity contribution is -0.385. The number of nitro benzene ring substituents is 1. The van der Waals surface area contributed by atoms with Gasteiger partial charge in [-0.3, -0.25) is 10.1 Å². The van der Waals surface area contributed by atoms with E-state index in [4.69, 9.17) is 5.73 Å². The number of nitrogens with zero attached hydrogens (tertiary/aromatic N) is 2. The minimum Gasteiger partial charge on any atom is -0.383 e. The monoisotopic (exact) mass is 348 g/mol. The van der Waals surface area contributed by atoms with Gasteiger partial charge >= 0.3 is 0 Å². The molecule has 1 saturated carbocycles. The van der Waals surface area contributed by atoms with Crippen LogP contribution in [0.25, 0.3) is 0 Å². The highest BCUT2D eigenvalue weighted by Gasteiger charge is 2.22. The Hall–Kier alpha value is -2.19. The predicted octanol–water partition coefficient (Wildman–Crippen LogP) is 3.46. The van der Waals surface area contributed by atoms with Gasteiger partial charge in [0.25, 0.3) is 5.69 Å². The second-order valence-corrected chi connectivity index (χ2v) is 7.03. The number of anilines is 2. The number of non-ortho nitro benzene ring substituents is 1. The summed E-state index contributed by atoms with van der Waals surface area (Å²) in [7, 11) is 0. The molecule has 0 saturated heterocycles. The van der Waals surface area contributed by atoms with Crippen molar-refractivity contribution in [1.29, 1.82) is 0 Å². The van der Waals surface area contributed by atoms with Crippen molar-refractivity contribution in [3.63, 3.8) is 0 Å². The van der Waals surface area contributed by atoms with Gasteiger partial charge in [-0.1, -0.05) is 42.7 Å². The highest BCUT2D eigenvalue weighted by Crippen LogP contribution is 2.36. The summed E-state index contributed by atoms with van der Waals surface area (Å²) in [5.41, 5.74) is 6.32. The molecule has 8 heteroatoms. The number of benzene rings is 1. The Morgan fingerprint density at radius 2 is 2.12 bits per heavy atom. The minimum absolute atomic E-state index is 0.0600. The van der Waals surface area contributed by atoms with Crippen molar-refractivity contribution in [3.8, 4) is 0 Å². The number of nitrogen functional groups attached to an aromatic ring is 1. The molecule has 7 nitrogen and oxygen atoms in total. The molecule has 1 aliphatic rings. The van der Waals surface area contributed by atoms with Crippen LogP contribution in [0.1, 0.15) is 48.6 Å². The van der Waals surface area contributed by atoms with Gasteiger partial charge in [0.15, 0.2) is 5.13 Å². The molecule has 3 rings (SSSR count). The van der Waals surface area contributed by atoms with Crippen LogP contribution in [0.2, 0.25) is 0 Å². The minimum atomic E-state index is -1.02. The molecule has 1 aromatic heterocycles. The number of thiazole rings is 1. The van der Waals surface area contributed by atoms with Crippen LogP contribution in [-0.2, 0) is 0 Å². The Kier molecular flexibility index (Phi) is 4.96. The lowest BCUT2D eigenvalue weighted by Crippen LogP contribution is -2.22. The first-order chi connectivity index (χ1) is 11.5. The summed E-state index contributed by atoms with van der Waals surface area (Å²) in [6.07, 6.45) is 4.90.